The summed E-state index contributed by atoms with van der Waals surface area (Å²) in [6, 6.07) is 14.3. The molecule has 1 N–H and O–H groups in total. The Morgan fingerprint density at radius 1 is 0.900 bits per heavy atom. The highest BCUT2D eigenvalue weighted by atomic mass is 16.4. The molecule has 0 heterocycles. The standard InChI is InChI=1S/C18H16O2/c1-11-14-5-3-4-6-15(14)12(2)17-9-13(10-18(19)20)7-8-16(11)17/h3-9H,10H2,1-2H3,(H,19,20). The van der Waals surface area contributed by atoms with Crippen LogP contribution in [0.3, 0.4) is 0 Å². The van der Waals surface area contributed by atoms with Crippen molar-refractivity contribution in [2.75, 3.05) is 0 Å². The molecule has 0 aliphatic heterocycles. The van der Waals surface area contributed by atoms with E-state index in [0.29, 0.717) is 0 Å². The van der Waals surface area contributed by atoms with E-state index in [1.807, 2.05) is 24.3 Å². The van der Waals surface area contributed by atoms with Gasteiger partial charge in [-0.1, -0.05) is 42.5 Å². The SMILES string of the molecule is Cc1c2ccccc2c(C)c2cc(CC(=O)O)ccc12. The summed E-state index contributed by atoms with van der Waals surface area (Å²) in [5.74, 6) is -0.792. The third-order valence-corrected chi connectivity index (χ3v) is 3.98. The smallest absolute Gasteiger partial charge is 0.307 e. The second-order valence-corrected chi connectivity index (χ2v) is 5.25. The Bertz CT molecular complexity index is 832. The van der Waals surface area contributed by atoms with Gasteiger partial charge in [-0.25, -0.2) is 0 Å². The molecule has 0 aromatic heterocycles. The van der Waals surface area contributed by atoms with Crippen molar-refractivity contribution in [3.63, 3.8) is 0 Å². The van der Waals surface area contributed by atoms with Crippen molar-refractivity contribution < 1.29 is 9.90 Å². The van der Waals surface area contributed by atoms with Gasteiger partial charge in [0.25, 0.3) is 0 Å². The highest BCUT2D eigenvalue weighted by Crippen LogP contribution is 2.32. The Balaban J connectivity index is 2.37. The fourth-order valence-corrected chi connectivity index (χ4v) is 2.94. The highest BCUT2D eigenvalue weighted by molar-refractivity contribution is 6.05. The lowest BCUT2D eigenvalue weighted by atomic mass is 9.92. The molecular formula is C18H16O2. The number of benzene rings is 3. The van der Waals surface area contributed by atoms with Crippen molar-refractivity contribution in [1.29, 1.82) is 0 Å². The maximum absolute atomic E-state index is 10.9. The summed E-state index contributed by atoms with van der Waals surface area (Å²) in [5, 5.41) is 13.8. The molecule has 3 aromatic carbocycles. The largest absolute Gasteiger partial charge is 0.481 e. The fourth-order valence-electron chi connectivity index (χ4n) is 2.94. The number of hydrogen-bond acceptors (Lipinski definition) is 1. The molecule has 0 bridgehead atoms. The Hall–Kier alpha value is -2.35. The first-order valence-corrected chi connectivity index (χ1v) is 6.70. The zero-order valence-electron chi connectivity index (χ0n) is 11.6. The van der Waals surface area contributed by atoms with Crippen molar-refractivity contribution >= 4 is 27.5 Å². The molecule has 100 valence electrons. The van der Waals surface area contributed by atoms with Crippen molar-refractivity contribution in [2.45, 2.75) is 20.3 Å². The van der Waals surface area contributed by atoms with E-state index in [4.69, 9.17) is 5.11 Å². The summed E-state index contributed by atoms with van der Waals surface area (Å²) in [7, 11) is 0. The van der Waals surface area contributed by atoms with Gasteiger partial charge in [-0.05, 0) is 52.1 Å². The quantitative estimate of drug-likeness (QED) is 0.703. The van der Waals surface area contributed by atoms with E-state index in [2.05, 4.69) is 32.0 Å². The van der Waals surface area contributed by atoms with Crippen molar-refractivity contribution in [3.05, 3.63) is 59.2 Å². The second-order valence-electron chi connectivity index (χ2n) is 5.25. The molecule has 2 nitrogen and oxygen atoms in total. The number of rotatable bonds is 2. The molecule has 0 aliphatic carbocycles. The molecule has 0 fully saturated rings. The molecule has 3 rings (SSSR count). The first-order valence-electron chi connectivity index (χ1n) is 6.70. The molecule has 0 saturated heterocycles. The molecule has 0 saturated carbocycles. The van der Waals surface area contributed by atoms with Gasteiger partial charge >= 0.3 is 5.97 Å². The Morgan fingerprint density at radius 2 is 1.45 bits per heavy atom. The maximum atomic E-state index is 10.9. The zero-order valence-corrected chi connectivity index (χ0v) is 11.6. The maximum Gasteiger partial charge on any atom is 0.307 e. The van der Waals surface area contributed by atoms with Crippen LogP contribution < -0.4 is 0 Å². The van der Waals surface area contributed by atoms with E-state index in [-0.39, 0.29) is 6.42 Å². The molecule has 20 heavy (non-hydrogen) atoms. The minimum absolute atomic E-state index is 0.0707. The number of hydrogen-bond donors (Lipinski definition) is 1. The van der Waals surface area contributed by atoms with Gasteiger partial charge < -0.3 is 5.11 Å². The predicted octanol–water partition coefficient (Wildman–Crippen LogP) is 4.24. The lowest BCUT2D eigenvalue weighted by molar-refractivity contribution is -0.136. The minimum atomic E-state index is -0.792. The Kier molecular flexibility index (Phi) is 2.94. The van der Waals surface area contributed by atoms with Crippen molar-refractivity contribution in [1.82, 2.24) is 0 Å². The van der Waals surface area contributed by atoms with Crippen LogP contribution in [-0.2, 0) is 11.2 Å². The molecule has 0 amide bonds. The number of carbonyl (C=O) groups is 1. The third-order valence-electron chi connectivity index (χ3n) is 3.98. The van der Waals surface area contributed by atoms with Gasteiger partial charge in [0.15, 0.2) is 0 Å². The number of carboxylic acid groups (broad SMARTS) is 1. The predicted molar refractivity (Wildman–Crippen MR) is 82.3 cm³/mol. The van der Waals surface area contributed by atoms with Crippen LogP contribution in [-0.4, -0.2) is 11.1 Å². The van der Waals surface area contributed by atoms with Crippen LogP contribution in [0.2, 0.25) is 0 Å². The van der Waals surface area contributed by atoms with Gasteiger partial charge in [0, 0.05) is 0 Å². The van der Waals surface area contributed by atoms with Gasteiger partial charge in [0.1, 0.15) is 0 Å². The monoisotopic (exact) mass is 264 g/mol. The number of aliphatic carboxylic acids is 1. The van der Waals surface area contributed by atoms with Crippen LogP contribution in [0.4, 0.5) is 0 Å². The third kappa shape index (κ3) is 1.94. The van der Waals surface area contributed by atoms with Crippen LogP contribution in [0.5, 0.6) is 0 Å². The van der Waals surface area contributed by atoms with Gasteiger partial charge in [-0.15, -0.1) is 0 Å². The Morgan fingerprint density at radius 3 is 2.05 bits per heavy atom. The summed E-state index contributed by atoms with van der Waals surface area (Å²) < 4.78 is 0. The number of aryl methyl sites for hydroxylation is 2. The normalized spacial score (nSPS) is 11.1. The molecule has 0 spiro atoms. The van der Waals surface area contributed by atoms with E-state index in [1.54, 1.807) is 0 Å². The molecule has 0 aliphatic rings. The van der Waals surface area contributed by atoms with Crippen LogP contribution in [0.15, 0.2) is 42.5 Å². The second kappa shape index (κ2) is 4.64. The van der Waals surface area contributed by atoms with E-state index < -0.39 is 5.97 Å². The molecule has 0 unspecified atom stereocenters. The topological polar surface area (TPSA) is 37.3 Å². The molecule has 3 aromatic rings. The average molecular weight is 264 g/mol. The summed E-state index contributed by atoms with van der Waals surface area (Å²) in [6.45, 7) is 4.23. The van der Waals surface area contributed by atoms with Gasteiger partial charge in [-0.2, -0.15) is 0 Å². The molecule has 0 atom stereocenters. The zero-order chi connectivity index (χ0) is 14.3. The molecule has 2 heteroatoms. The van der Waals surface area contributed by atoms with E-state index >= 15 is 0 Å². The van der Waals surface area contributed by atoms with Gasteiger partial charge in [0.05, 0.1) is 6.42 Å². The summed E-state index contributed by atoms with van der Waals surface area (Å²) in [5.41, 5.74) is 3.32. The Labute approximate surface area is 117 Å². The summed E-state index contributed by atoms with van der Waals surface area (Å²) in [6.07, 6.45) is 0.0707. The summed E-state index contributed by atoms with van der Waals surface area (Å²) in [4.78, 5) is 10.9. The van der Waals surface area contributed by atoms with Crippen LogP contribution in [0.25, 0.3) is 21.5 Å². The summed E-state index contributed by atoms with van der Waals surface area (Å²) >= 11 is 0. The van der Waals surface area contributed by atoms with Gasteiger partial charge in [0.2, 0.25) is 0 Å². The molecule has 0 radical (unpaired) electrons. The number of carboxylic acids is 1. The van der Waals surface area contributed by atoms with E-state index in [1.165, 1.54) is 27.3 Å². The lowest BCUT2D eigenvalue weighted by Crippen LogP contribution is -2.00. The van der Waals surface area contributed by atoms with Crippen LogP contribution in [0.1, 0.15) is 16.7 Å². The first-order chi connectivity index (χ1) is 9.58. The first kappa shape index (κ1) is 12.7. The number of fused-ring (bicyclic) bond motifs is 2. The van der Waals surface area contributed by atoms with Crippen molar-refractivity contribution in [3.8, 4) is 0 Å². The van der Waals surface area contributed by atoms with Crippen LogP contribution >= 0.6 is 0 Å². The highest BCUT2D eigenvalue weighted by Gasteiger charge is 2.09. The van der Waals surface area contributed by atoms with Crippen molar-refractivity contribution in [2.24, 2.45) is 0 Å². The lowest BCUT2D eigenvalue weighted by Gasteiger charge is -2.12. The van der Waals surface area contributed by atoms with Gasteiger partial charge in [-0.3, -0.25) is 4.79 Å². The van der Waals surface area contributed by atoms with E-state index in [9.17, 15) is 4.79 Å². The van der Waals surface area contributed by atoms with Crippen LogP contribution in [0, 0.1) is 13.8 Å². The molecular weight excluding hydrogens is 248 g/mol. The fraction of sp³-hybridized carbons (Fsp3) is 0.167. The minimum Gasteiger partial charge on any atom is -0.481 e. The van der Waals surface area contributed by atoms with E-state index in [0.717, 1.165) is 10.9 Å². The average Bonchev–Trinajstić information content (AvgIpc) is 2.44.